The van der Waals surface area contributed by atoms with Crippen molar-refractivity contribution in [2.75, 3.05) is 18.5 Å². The Hall–Kier alpha value is -2.08. The monoisotopic (exact) mass is 307 g/mol. The van der Waals surface area contributed by atoms with Gasteiger partial charge in [-0.15, -0.1) is 0 Å². The van der Waals surface area contributed by atoms with Gasteiger partial charge in [0.05, 0.1) is 31.1 Å². The van der Waals surface area contributed by atoms with Crippen molar-refractivity contribution in [3.8, 4) is 5.75 Å². The lowest BCUT2D eigenvalue weighted by Crippen LogP contribution is -2.07. The maximum atomic E-state index is 13.3. The van der Waals surface area contributed by atoms with Crippen molar-refractivity contribution in [1.29, 1.82) is 0 Å². The van der Waals surface area contributed by atoms with E-state index in [1.807, 2.05) is 20.8 Å². The summed E-state index contributed by atoms with van der Waals surface area (Å²) in [4.78, 5) is 0. The van der Waals surface area contributed by atoms with Gasteiger partial charge in [-0.25, -0.2) is 4.39 Å². The van der Waals surface area contributed by atoms with Crippen molar-refractivity contribution < 1.29 is 14.2 Å². The van der Waals surface area contributed by atoms with Crippen LogP contribution in [0.5, 0.6) is 5.75 Å². The summed E-state index contributed by atoms with van der Waals surface area (Å²) in [5.41, 5.74) is 3.75. The van der Waals surface area contributed by atoms with Crippen LogP contribution in [0.1, 0.15) is 23.9 Å². The molecule has 2 aromatic rings. The molecule has 0 spiro atoms. The van der Waals surface area contributed by atoms with Gasteiger partial charge >= 0.3 is 0 Å². The second-order valence-electron chi connectivity index (χ2n) is 5.02. The van der Waals surface area contributed by atoms with Crippen LogP contribution in [0.4, 0.5) is 10.1 Å². The number of nitrogens with zero attached hydrogens (tertiary/aromatic N) is 2. The number of aliphatic hydroxyl groups is 1. The summed E-state index contributed by atoms with van der Waals surface area (Å²) < 4.78 is 20.6. The highest BCUT2D eigenvalue weighted by atomic mass is 19.1. The summed E-state index contributed by atoms with van der Waals surface area (Å²) in [6.45, 7) is 7.35. The van der Waals surface area contributed by atoms with Crippen molar-refractivity contribution in [3.63, 3.8) is 0 Å². The number of ether oxygens (including phenoxy) is 1. The lowest BCUT2D eigenvalue weighted by atomic mass is 10.2. The first-order chi connectivity index (χ1) is 10.6. The lowest BCUT2D eigenvalue weighted by molar-refractivity contribution is 0.268. The molecule has 0 saturated carbocycles. The van der Waals surface area contributed by atoms with Crippen LogP contribution in [0, 0.1) is 19.7 Å². The lowest BCUT2D eigenvalue weighted by Gasteiger charge is -2.13. The summed E-state index contributed by atoms with van der Waals surface area (Å²) in [6.07, 6.45) is 0. The van der Waals surface area contributed by atoms with Gasteiger partial charge in [-0.1, -0.05) is 0 Å². The van der Waals surface area contributed by atoms with Crippen molar-refractivity contribution >= 4 is 5.69 Å². The van der Waals surface area contributed by atoms with Gasteiger partial charge in [0.2, 0.25) is 0 Å². The van der Waals surface area contributed by atoms with E-state index >= 15 is 0 Å². The number of aliphatic hydroxyl groups excluding tert-OH is 1. The quantitative estimate of drug-likeness (QED) is 0.825. The Labute approximate surface area is 129 Å². The Balaban J connectivity index is 2.16. The minimum atomic E-state index is -0.322. The largest absolute Gasteiger partial charge is 0.492 e. The van der Waals surface area contributed by atoms with Gasteiger partial charge in [-0.2, -0.15) is 5.10 Å². The summed E-state index contributed by atoms with van der Waals surface area (Å²) in [5, 5.41) is 16.7. The van der Waals surface area contributed by atoms with E-state index in [0.29, 0.717) is 25.4 Å². The molecule has 0 atom stereocenters. The minimum absolute atomic E-state index is 0.0568. The zero-order chi connectivity index (χ0) is 16.1. The van der Waals surface area contributed by atoms with Crippen molar-refractivity contribution in [1.82, 2.24) is 9.78 Å². The third-order valence-electron chi connectivity index (χ3n) is 3.54. The molecule has 120 valence electrons. The van der Waals surface area contributed by atoms with E-state index in [9.17, 15) is 4.39 Å². The van der Waals surface area contributed by atoms with Crippen LogP contribution in [0.2, 0.25) is 0 Å². The first-order valence-corrected chi connectivity index (χ1v) is 7.36. The van der Waals surface area contributed by atoms with Gasteiger partial charge < -0.3 is 15.2 Å². The second-order valence-corrected chi connectivity index (χ2v) is 5.02. The van der Waals surface area contributed by atoms with Crippen LogP contribution in [0.15, 0.2) is 18.2 Å². The number of aromatic nitrogens is 2. The maximum absolute atomic E-state index is 13.3. The SMILES string of the molecule is CCOc1cc(F)ccc1NCc1c(C)nn(CCO)c1C. The molecule has 0 aliphatic rings. The highest BCUT2D eigenvalue weighted by molar-refractivity contribution is 5.56. The molecule has 0 aliphatic carbocycles. The second kappa shape index (κ2) is 7.26. The van der Waals surface area contributed by atoms with Crippen molar-refractivity contribution in [2.24, 2.45) is 0 Å². The van der Waals surface area contributed by atoms with E-state index in [4.69, 9.17) is 9.84 Å². The molecular formula is C16H22FN3O2. The molecule has 0 fully saturated rings. The molecule has 6 heteroatoms. The summed E-state index contributed by atoms with van der Waals surface area (Å²) in [7, 11) is 0. The van der Waals surface area contributed by atoms with E-state index in [0.717, 1.165) is 22.6 Å². The average molecular weight is 307 g/mol. The molecule has 2 rings (SSSR count). The molecule has 5 nitrogen and oxygen atoms in total. The number of benzene rings is 1. The van der Waals surface area contributed by atoms with Gasteiger partial charge in [0.25, 0.3) is 0 Å². The fourth-order valence-electron chi connectivity index (χ4n) is 2.40. The van der Waals surface area contributed by atoms with Gasteiger partial charge in [0.15, 0.2) is 0 Å². The predicted molar refractivity (Wildman–Crippen MR) is 83.7 cm³/mol. The van der Waals surface area contributed by atoms with E-state index in [2.05, 4.69) is 10.4 Å². The fourth-order valence-corrected chi connectivity index (χ4v) is 2.40. The maximum Gasteiger partial charge on any atom is 0.145 e. The van der Waals surface area contributed by atoms with Gasteiger partial charge in [0, 0.05) is 23.9 Å². The molecule has 0 bridgehead atoms. The topological polar surface area (TPSA) is 59.3 Å². The summed E-state index contributed by atoms with van der Waals surface area (Å²) in [6, 6.07) is 4.45. The summed E-state index contributed by atoms with van der Waals surface area (Å²) >= 11 is 0. The summed E-state index contributed by atoms with van der Waals surface area (Å²) in [5.74, 6) is 0.178. The molecule has 0 radical (unpaired) electrons. The fraction of sp³-hybridized carbons (Fsp3) is 0.438. The van der Waals surface area contributed by atoms with E-state index < -0.39 is 0 Å². The van der Waals surface area contributed by atoms with Crippen LogP contribution in [0.3, 0.4) is 0 Å². The minimum Gasteiger partial charge on any atom is -0.492 e. The number of halogens is 1. The van der Waals surface area contributed by atoms with E-state index in [1.54, 1.807) is 10.7 Å². The van der Waals surface area contributed by atoms with Crippen molar-refractivity contribution in [3.05, 3.63) is 41.0 Å². The average Bonchev–Trinajstić information content (AvgIpc) is 2.74. The Morgan fingerprint density at radius 1 is 1.36 bits per heavy atom. The van der Waals surface area contributed by atoms with E-state index in [-0.39, 0.29) is 12.4 Å². The molecule has 0 amide bonds. The molecule has 1 aromatic heterocycles. The first-order valence-electron chi connectivity index (χ1n) is 7.36. The Kier molecular flexibility index (Phi) is 5.38. The highest BCUT2D eigenvalue weighted by Crippen LogP contribution is 2.26. The number of aryl methyl sites for hydroxylation is 1. The molecular weight excluding hydrogens is 285 g/mol. The Morgan fingerprint density at radius 2 is 2.14 bits per heavy atom. The normalized spacial score (nSPS) is 10.8. The molecule has 1 heterocycles. The molecule has 22 heavy (non-hydrogen) atoms. The highest BCUT2D eigenvalue weighted by Gasteiger charge is 2.12. The third-order valence-corrected chi connectivity index (χ3v) is 3.54. The number of anilines is 1. The van der Waals surface area contributed by atoms with Crippen LogP contribution in [-0.2, 0) is 13.1 Å². The third kappa shape index (κ3) is 3.57. The molecule has 2 N–H and O–H groups in total. The Morgan fingerprint density at radius 3 is 2.82 bits per heavy atom. The Bertz CT molecular complexity index is 641. The molecule has 0 aliphatic heterocycles. The smallest absolute Gasteiger partial charge is 0.145 e. The standard InChI is InChI=1S/C16H22FN3O2/c1-4-22-16-9-13(17)5-6-15(16)18-10-14-11(2)19-20(7-8-21)12(14)3/h5-6,9,18,21H,4,7-8,10H2,1-3H3. The number of nitrogens with one attached hydrogen (secondary N) is 1. The van der Waals surface area contributed by atoms with Gasteiger partial charge in [0.1, 0.15) is 11.6 Å². The van der Waals surface area contributed by atoms with Crippen LogP contribution in [0.25, 0.3) is 0 Å². The predicted octanol–water partition coefficient (Wildman–Crippen LogP) is 2.64. The number of hydrogen-bond acceptors (Lipinski definition) is 4. The molecule has 0 unspecified atom stereocenters. The molecule has 0 saturated heterocycles. The number of rotatable bonds is 7. The zero-order valence-corrected chi connectivity index (χ0v) is 13.2. The van der Waals surface area contributed by atoms with Crippen molar-refractivity contribution in [2.45, 2.75) is 33.9 Å². The van der Waals surface area contributed by atoms with Crippen LogP contribution in [-0.4, -0.2) is 28.1 Å². The zero-order valence-electron chi connectivity index (χ0n) is 13.2. The van der Waals surface area contributed by atoms with Crippen LogP contribution < -0.4 is 10.1 Å². The molecule has 1 aromatic carbocycles. The van der Waals surface area contributed by atoms with E-state index in [1.165, 1.54) is 12.1 Å². The number of hydrogen-bond donors (Lipinski definition) is 2. The van der Waals surface area contributed by atoms with Gasteiger partial charge in [-0.3, -0.25) is 4.68 Å². The first kappa shape index (κ1) is 16.3. The van der Waals surface area contributed by atoms with Crippen LogP contribution >= 0.6 is 0 Å². The van der Waals surface area contributed by atoms with Gasteiger partial charge in [-0.05, 0) is 32.9 Å².